The topological polar surface area (TPSA) is 3.88 Å². The van der Waals surface area contributed by atoms with E-state index >= 15 is 8.78 Å². The molecule has 0 amide bonds. The molecule has 0 N–H and O–H groups in total. The highest BCUT2D eigenvalue weighted by Crippen LogP contribution is 2.39. The zero-order chi connectivity index (χ0) is 27.5. The predicted octanol–water partition coefficient (Wildman–Crippen LogP) is 9.55. The molecule has 0 atom stereocenters. The molecular formula is C37H28F2N+. The summed E-state index contributed by atoms with van der Waals surface area (Å²) in [5.74, 6) is 0. The molecule has 0 radical (unpaired) electrons. The van der Waals surface area contributed by atoms with Crippen LogP contribution in [0.1, 0.15) is 11.1 Å². The summed E-state index contributed by atoms with van der Waals surface area (Å²) in [7, 11) is 0. The maximum absolute atomic E-state index is 17.3. The Kier molecular flexibility index (Phi) is 6.79. The van der Waals surface area contributed by atoms with Crippen LogP contribution in [0.3, 0.4) is 0 Å². The fraction of sp³-hybridized carbons (Fsp3) is 0.0541. The fourth-order valence-corrected chi connectivity index (χ4v) is 5.19. The van der Waals surface area contributed by atoms with Gasteiger partial charge in [-0.1, -0.05) is 115 Å². The summed E-state index contributed by atoms with van der Waals surface area (Å²) in [5.41, 5.74) is 6.42. The number of nitrogens with zero attached hydrogens (tertiary/aromatic N) is 1. The first kappa shape index (κ1) is 25.4. The predicted molar refractivity (Wildman–Crippen MR) is 159 cm³/mol. The van der Waals surface area contributed by atoms with Crippen molar-refractivity contribution in [1.82, 2.24) is 0 Å². The van der Waals surface area contributed by atoms with E-state index < -0.39 is 6.05 Å². The van der Waals surface area contributed by atoms with E-state index in [2.05, 4.69) is 0 Å². The molecule has 194 valence electrons. The highest BCUT2D eigenvalue weighted by Gasteiger charge is 2.49. The molecule has 0 aliphatic carbocycles. The van der Waals surface area contributed by atoms with Crippen molar-refractivity contribution in [2.75, 3.05) is 0 Å². The number of halogens is 2. The minimum Gasteiger partial charge on any atom is -0.134 e. The molecule has 6 aromatic rings. The van der Waals surface area contributed by atoms with E-state index in [1.165, 1.54) is 10.6 Å². The third kappa shape index (κ3) is 4.83. The van der Waals surface area contributed by atoms with E-state index in [1.54, 1.807) is 12.1 Å². The molecule has 0 spiro atoms. The molecule has 40 heavy (non-hydrogen) atoms. The van der Waals surface area contributed by atoms with Gasteiger partial charge in [0, 0.05) is 23.3 Å². The van der Waals surface area contributed by atoms with Gasteiger partial charge in [0.15, 0.2) is 0 Å². The van der Waals surface area contributed by atoms with Crippen molar-refractivity contribution in [3.05, 3.63) is 163 Å². The first-order valence-corrected chi connectivity index (χ1v) is 13.3. The first-order valence-electron chi connectivity index (χ1n) is 13.3. The summed E-state index contributed by atoms with van der Waals surface area (Å²) in [4.78, 5) is 0. The second-order valence-corrected chi connectivity index (χ2v) is 9.90. The smallest absolute Gasteiger partial charge is 0.134 e. The largest absolute Gasteiger partial charge is 0.491 e. The van der Waals surface area contributed by atoms with Gasteiger partial charge in [0.05, 0.1) is 0 Å². The van der Waals surface area contributed by atoms with E-state index in [0.29, 0.717) is 28.1 Å². The number of hydrogen-bond donors (Lipinski definition) is 0. The van der Waals surface area contributed by atoms with E-state index in [1.807, 2.05) is 140 Å². The summed E-state index contributed by atoms with van der Waals surface area (Å²) in [6, 6.07) is 43.7. The van der Waals surface area contributed by atoms with Crippen molar-refractivity contribution in [2.24, 2.45) is 0 Å². The van der Waals surface area contributed by atoms with Crippen LogP contribution in [-0.2, 0) is 6.05 Å². The highest BCUT2D eigenvalue weighted by atomic mass is 19.3. The Balaban J connectivity index is 1.68. The number of benzene rings is 5. The Hall–Kier alpha value is -4.89. The average molecular weight is 525 g/mol. The summed E-state index contributed by atoms with van der Waals surface area (Å²) in [6.45, 7) is 1.99. The summed E-state index contributed by atoms with van der Waals surface area (Å²) < 4.78 is 35.8. The standard InChI is InChI=1S/C37H28F2N/c1-27-21-23-29(24-22-27)33-19-11-12-20-34(33)37(38,39)40-35(30-15-7-3-8-16-30)25-32(28-13-5-2-6-14-28)26-36(40)31-17-9-4-10-18-31/h2-26H,1H3/q+1. The maximum Gasteiger partial charge on any atom is 0.491 e. The van der Waals surface area contributed by atoms with Crippen molar-refractivity contribution in [2.45, 2.75) is 13.0 Å². The van der Waals surface area contributed by atoms with Crippen LogP contribution in [0.5, 0.6) is 0 Å². The van der Waals surface area contributed by atoms with E-state index in [9.17, 15) is 0 Å². The zero-order valence-electron chi connectivity index (χ0n) is 22.1. The Bertz CT molecular complexity index is 1680. The van der Waals surface area contributed by atoms with Gasteiger partial charge in [0.25, 0.3) is 0 Å². The molecule has 0 fully saturated rings. The lowest BCUT2D eigenvalue weighted by Gasteiger charge is -2.21. The highest BCUT2D eigenvalue weighted by molar-refractivity contribution is 5.74. The van der Waals surface area contributed by atoms with Gasteiger partial charge in [-0.15, -0.1) is 13.3 Å². The molecule has 0 saturated heterocycles. The van der Waals surface area contributed by atoms with Crippen molar-refractivity contribution < 1.29 is 13.3 Å². The second kappa shape index (κ2) is 10.7. The third-order valence-electron chi connectivity index (χ3n) is 7.21. The summed E-state index contributed by atoms with van der Waals surface area (Å²) >= 11 is 0. The fourth-order valence-electron chi connectivity index (χ4n) is 5.19. The molecular weight excluding hydrogens is 496 g/mol. The molecule has 0 aliphatic rings. The van der Waals surface area contributed by atoms with Gasteiger partial charge >= 0.3 is 6.05 Å². The summed E-state index contributed by atoms with van der Waals surface area (Å²) in [6.07, 6.45) is 0. The monoisotopic (exact) mass is 524 g/mol. The SMILES string of the molecule is Cc1ccc(-c2ccccc2C(F)(F)[n+]2c(-c3ccccc3)cc(-c3ccccc3)cc2-c2ccccc2)cc1. The quantitative estimate of drug-likeness (QED) is 0.191. The van der Waals surface area contributed by atoms with Gasteiger partial charge in [-0.05, 0) is 59.5 Å². The molecule has 5 aromatic carbocycles. The van der Waals surface area contributed by atoms with Crippen LogP contribution in [-0.4, -0.2) is 0 Å². The summed E-state index contributed by atoms with van der Waals surface area (Å²) in [5, 5.41) is 0. The van der Waals surface area contributed by atoms with Crippen LogP contribution in [0.25, 0.3) is 44.8 Å². The molecule has 0 aliphatic heterocycles. The molecule has 1 nitrogen and oxygen atoms in total. The van der Waals surface area contributed by atoms with Crippen LogP contribution >= 0.6 is 0 Å². The molecule has 6 rings (SSSR count). The Labute approximate surface area is 233 Å². The van der Waals surface area contributed by atoms with Crippen molar-refractivity contribution in [1.29, 1.82) is 0 Å². The normalized spacial score (nSPS) is 11.4. The van der Waals surface area contributed by atoms with Crippen LogP contribution in [0.2, 0.25) is 0 Å². The number of aryl methyl sites for hydroxylation is 1. The van der Waals surface area contributed by atoms with Gasteiger partial charge in [-0.3, -0.25) is 0 Å². The van der Waals surface area contributed by atoms with Crippen molar-refractivity contribution in [3.8, 4) is 44.8 Å². The minimum absolute atomic E-state index is 0.0503. The minimum atomic E-state index is -3.38. The van der Waals surface area contributed by atoms with Crippen LogP contribution in [0.4, 0.5) is 8.78 Å². The van der Waals surface area contributed by atoms with Crippen LogP contribution in [0, 0.1) is 6.92 Å². The lowest BCUT2D eigenvalue weighted by molar-refractivity contribution is -0.793. The van der Waals surface area contributed by atoms with Crippen molar-refractivity contribution in [3.63, 3.8) is 0 Å². The van der Waals surface area contributed by atoms with Crippen molar-refractivity contribution >= 4 is 0 Å². The maximum atomic E-state index is 17.3. The number of rotatable bonds is 6. The molecule has 0 bridgehead atoms. The molecule has 1 heterocycles. The molecule has 1 aromatic heterocycles. The lowest BCUT2D eigenvalue weighted by atomic mass is 9.95. The number of aromatic nitrogens is 1. The molecule has 3 heteroatoms. The Morgan fingerprint density at radius 1 is 0.450 bits per heavy atom. The van der Waals surface area contributed by atoms with Crippen LogP contribution in [0.15, 0.2) is 152 Å². The van der Waals surface area contributed by atoms with Gasteiger partial charge < -0.3 is 0 Å². The average Bonchev–Trinajstić information content (AvgIpc) is 3.02. The number of alkyl halides is 2. The van der Waals surface area contributed by atoms with Gasteiger partial charge in [-0.2, -0.15) is 0 Å². The zero-order valence-corrected chi connectivity index (χ0v) is 22.1. The van der Waals surface area contributed by atoms with Gasteiger partial charge in [-0.25, -0.2) is 0 Å². The molecule has 0 unspecified atom stereocenters. The Morgan fingerprint density at radius 2 is 0.900 bits per heavy atom. The Morgan fingerprint density at radius 3 is 1.43 bits per heavy atom. The molecule has 0 saturated carbocycles. The first-order chi connectivity index (χ1) is 19.5. The second-order valence-electron chi connectivity index (χ2n) is 9.90. The van der Waals surface area contributed by atoms with Gasteiger partial charge in [0.2, 0.25) is 11.4 Å². The third-order valence-corrected chi connectivity index (χ3v) is 7.21. The van der Waals surface area contributed by atoms with Crippen LogP contribution < -0.4 is 4.57 Å². The van der Waals surface area contributed by atoms with E-state index in [0.717, 1.165) is 22.3 Å². The number of hydrogen-bond acceptors (Lipinski definition) is 0. The number of pyridine rings is 1. The van der Waals surface area contributed by atoms with Gasteiger partial charge in [0.1, 0.15) is 5.56 Å². The van der Waals surface area contributed by atoms with E-state index in [-0.39, 0.29) is 5.56 Å². The van der Waals surface area contributed by atoms with E-state index in [4.69, 9.17) is 0 Å². The lowest BCUT2D eigenvalue weighted by Crippen LogP contribution is -2.54.